The minimum atomic E-state index is 0.244. The highest BCUT2D eigenvalue weighted by Crippen LogP contribution is 2.55. The van der Waals surface area contributed by atoms with E-state index in [9.17, 15) is 0 Å². The number of allylic oxidation sites excluding steroid dienone is 12. The molecule has 0 amide bonds. The molecule has 0 radical (unpaired) electrons. The molecule has 0 saturated carbocycles. The van der Waals surface area contributed by atoms with E-state index >= 15 is 0 Å². The number of hydrogen-bond acceptors (Lipinski definition) is 0. The van der Waals surface area contributed by atoms with Gasteiger partial charge in [0.25, 0.3) is 0 Å². The molecule has 0 aliphatic heterocycles. The van der Waals surface area contributed by atoms with Crippen LogP contribution in [0.2, 0.25) is 0 Å². The molecule has 0 N–H and O–H groups in total. The highest BCUT2D eigenvalue weighted by Gasteiger charge is 2.43. The average Bonchev–Trinajstić information content (AvgIpc) is 2.91. The fourth-order valence-electron chi connectivity index (χ4n) is 6.78. The van der Waals surface area contributed by atoms with Crippen molar-refractivity contribution < 1.29 is 0 Å². The molecular formula is C34H46. The Labute approximate surface area is 210 Å². The molecule has 0 heteroatoms. The van der Waals surface area contributed by atoms with Gasteiger partial charge in [-0.2, -0.15) is 0 Å². The normalized spacial score (nSPS) is 29.1. The van der Waals surface area contributed by atoms with Gasteiger partial charge in [0.05, 0.1) is 0 Å². The van der Waals surface area contributed by atoms with E-state index < -0.39 is 0 Å². The van der Waals surface area contributed by atoms with Gasteiger partial charge in [-0.25, -0.2) is 0 Å². The highest BCUT2D eigenvalue weighted by atomic mass is 14.5. The Morgan fingerprint density at radius 2 is 1.68 bits per heavy atom. The summed E-state index contributed by atoms with van der Waals surface area (Å²) < 4.78 is 0. The van der Waals surface area contributed by atoms with Crippen LogP contribution in [0.15, 0.2) is 69.9 Å². The maximum atomic E-state index is 3.47. The van der Waals surface area contributed by atoms with Crippen LogP contribution in [0.5, 0.6) is 0 Å². The Bertz CT molecular complexity index is 1040. The van der Waals surface area contributed by atoms with Gasteiger partial charge in [-0.15, -0.1) is 0 Å². The molecule has 0 heterocycles. The van der Waals surface area contributed by atoms with Crippen molar-refractivity contribution in [3.8, 4) is 11.8 Å². The zero-order chi connectivity index (χ0) is 24.5. The lowest BCUT2D eigenvalue weighted by Gasteiger charge is -2.44. The zero-order valence-electron chi connectivity index (χ0n) is 22.9. The monoisotopic (exact) mass is 454 g/mol. The Hall–Kier alpha value is -2.00. The minimum absolute atomic E-state index is 0.244. The Morgan fingerprint density at radius 3 is 2.26 bits per heavy atom. The van der Waals surface area contributed by atoms with Crippen LogP contribution in [0.3, 0.4) is 0 Å². The van der Waals surface area contributed by atoms with Crippen LogP contribution in [0.4, 0.5) is 0 Å². The van der Waals surface area contributed by atoms with Gasteiger partial charge >= 0.3 is 0 Å². The molecule has 0 spiro atoms. The summed E-state index contributed by atoms with van der Waals surface area (Å²) in [6.07, 6.45) is 23.5. The molecule has 182 valence electrons. The van der Waals surface area contributed by atoms with E-state index in [1.54, 1.807) is 22.3 Å². The first kappa shape index (κ1) is 25.1. The lowest BCUT2D eigenvalue weighted by atomic mass is 9.61. The Morgan fingerprint density at radius 1 is 0.941 bits per heavy atom. The molecule has 0 saturated heterocycles. The average molecular weight is 455 g/mol. The van der Waals surface area contributed by atoms with Crippen LogP contribution in [-0.2, 0) is 0 Å². The second kappa shape index (κ2) is 9.93. The second-order valence-electron chi connectivity index (χ2n) is 12.8. The van der Waals surface area contributed by atoms with Gasteiger partial charge in [-0.3, -0.25) is 0 Å². The van der Waals surface area contributed by atoms with Crippen molar-refractivity contribution in [3.63, 3.8) is 0 Å². The largest absolute Gasteiger partial charge is 0.0842 e. The van der Waals surface area contributed by atoms with Gasteiger partial charge in [0.2, 0.25) is 0 Å². The SMILES string of the molecule is CCC1CCC(C)C2=C(C=C(C3=CC=C(C#CC4=CC=CCC4)CC3)CC2C(C)(C)C)C1(C)C. The molecule has 0 aromatic carbocycles. The fourth-order valence-corrected chi connectivity index (χ4v) is 6.78. The zero-order valence-corrected chi connectivity index (χ0v) is 22.9. The second-order valence-corrected chi connectivity index (χ2v) is 12.8. The molecule has 0 aromatic heterocycles. The van der Waals surface area contributed by atoms with Crippen LogP contribution in [0.25, 0.3) is 0 Å². The molecule has 4 aliphatic carbocycles. The van der Waals surface area contributed by atoms with E-state index in [1.807, 2.05) is 0 Å². The fraction of sp³-hybridized carbons (Fsp3) is 0.588. The third-order valence-electron chi connectivity index (χ3n) is 9.12. The van der Waals surface area contributed by atoms with Gasteiger partial charge < -0.3 is 0 Å². The van der Waals surface area contributed by atoms with E-state index in [0.717, 1.165) is 31.6 Å². The van der Waals surface area contributed by atoms with Crippen LogP contribution < -0.4 is 0 Å². The maximum absolute atomic E-state index is 3.47. The van der Waals surface area contributed by atoms with Crippen molar-refractivity contribution in [1.82, 2.24) is 0 Å². The van der Waals surface area contributed by atoms with E-state index in [1.165, 1.54) is 36.8 Å². The van der Waals surface area contributed by atoms with Crippen molar-refractivity contribution in [1.29, 1.82) is 0 Å². The quantitative estimate of drug-likeness (QED) is 0.364. The molecular weight excluding hydrogens is 408 g/mol. The molecule has 0 nitrogen and oxygen atoms in total. The smallest absolute Gasteiger partial charge is 0.00273 e. The first-order valence-electron chi connectivity index (χ1n) is 13.8. The van der Waals surface area contributed by atoms with Gasteiger partial charge in [-0.05, 0) is 90.2 Å². The first-order valence-corrected chi connectivity index (χ1v) is 13.8. The van der Waals surface area contributed by atoms with Crippen LogP contribution in [0, 0.1) is 40.4 Å². The molecule has 3 unspecified atom stereocenters. The predicted octanol–water partition coefficient (Wildman–Crippen LogP) is 9.68. The first-order chi connectivity index (χ1) is 16.1. The summed E-state index contributed by atoms with van der Waals surface area (Å²) in [5.41, 5.74) is 9.69. The molecule has 0 bridgehead atoms. The number of rotatable bonds is 2. The molecule has 4 rings (SSSR count). The summed E-state index contributed by atoms with van der Waals surface area (Å²) in [7, 11) is 0. The highest BCUT2D eigenvalue weighted by molar-refractivity contribution is 5.52. The summed E-state index contributed by atoms with van der Waals surface area (Å²) in [5, 5.41) is 0. The molecule has 4 aliphatic rings. The summed E-state index contributed by atoms with van der Waals surface area (Å²) in [5.74, 6) is 8.98. The van der Waals surface area contributed by atoms with Crippen molar-refractivity contribution in [2.24, 2.45) is 28.6 Å². The lowest BCUT2D eigenvalue weighted by Crippen LogP contribution is -2.33. The van der Waals surface area contributed by atoms with Crippen molar-refractivity contribution in [3.05, 3.63) is 69.9 Å². The molecule has 34 heavy (non-hydrogen) atoms. The van der Waals surface area contributed by atoms with Crippen molar-refractivity contribution in [2.75, 3.05) is 0 Å². The van der Waals surface area contributed by atoms with Gasteiger partial charge in [0.1, 0.15) is 0 Å². The van der Waals surface area contributed by atoms with E-state index in [2.05, 4.69) is 96.8 Å². The Kier molecular flexibility index (Phi) is 7.33. The number of hydrogen-bond donors (Lipinski definition) is 0. The summed E-state index contributed by atoms with van der Waals surface area (Å²) in [6.45, 7) is 17.4. The van der Waals surface area contributed by atoms with E-state index in [-0.39, 0.29) is 10.8 Å². The third kappa shape index (κ3) is 5.15. The van der Waals surface area contributed by atoms with Gasteiger partial charge in [0, 0.05) is 11.1 Å². The van der Waals surface area contributed by atoms with Gasteiger partial charge in [-0.1, -0.05) is 109 Å². The van der Waals surface area contributed by atoms with Crippen LogP contribution in [0.1, 0.15) is 99.8 Å². The lowest BCUT2D eigenvalue weighted by molar-refractivity contribution is 0.239. The molecule has 3 atom stereocenters. The standard InChI is InChI=1S/C34H46/c1-8-29-21-14-24(2)32-30(33(3,4)5)22-28(23-31(32)34(29,6)7)27-19-17-26(18-20-27)16-15-25-12-10-9-11-13-25/h9-10,12,17,19,23-24,29-30H,8,11,13-14,18,20-22H2,1-7H3. The van der Waals surface area contributed by atoms with Crippen molar-refractivity contribution >= 4 is 0 Å². The van der Waals surface area contributed by atoms with E-state index in [4.69, 9.17) is 0 Å². The topological polar surface area (TPSA) is 0 Å². The van der Waals surface area contributed by atoms with Gasteiger partial charge in [0.15, 0.2) is 0 Å². The summed E-state index contributed by atoms with van der Waals surface area (Å²) in [6, 6.07) is 0. The van der Waals surface area contributed by atoms with Crippen LogP contribution >= 0.6 is 0 Å². The third-order valence-corrected chi connectivity index (χ3v) is 9.12. The summed E-state index contributed by atoms with van der Waals surface area (Å²) >= 11 is 0. The predicted molar refractivity (Wildman–Crippen MR) is 148 cm³/mol. The Balaban J connectivity index is 1.70. The van der Waals surface area contributed by atoms with Crippen LogP contribution in [-0.4, -0.2) is 0 Å². The molecule has 0 aromatic rings. The summed E-state index contributed by atoms with van der Waals surface area (Å²) in [4.78, 5) is 0. The van der Waals surface area contributed by atoms with E-state index in [0.29, 0.717) is 11.8 Å². The minimum Gasteiger partial charge on any atom is -0.0842 e. The maximum Gasteiger partial charge on any atom is 0.00273 e. The molecule has 0 fully saturated rings. The van der Waals surface area contributed by atoms with Crippen molar-refractivity contribution in [2.45, 2.75) is 99.8 Å².